The van der Waals surface area contributed by atoms with Crippen LogP contribution in [0.2, 0.25) is 0 Å². The predicted molar refractivity (Wildman–Crippen MR) is 86.2 cm³/mol. The van der Waals surface area contributed by atoms with Crippen LogP contribution in [0.15, 0.2) is 18.2 Å². The molecule has 4 amide bonds. The minimum absolute atomic E-state index is 0.0811. The summed E-state index contributed by atoms with van der Waals surface area (Å²) in [5, 5.41) is 0. The monoisotopic (exact) mass is 329 g/mol. The number of hydrogen-bond acceptors (Lipinski definition) is 4. The molecule has 1 aromatic rings. The van der Waals surface area contributed by atoms with Gasteiger partial charge >= 0.3 is 0 Å². The van der Waals surface area contributed by atoms with Gasteiger partial charge in [-0.25, -0.2) is 0 Å². The summed E-state index contributed by atoms with van der Waals surface area (Å²) in [6, 6.07) is 5.17. The SMILES string of the molecule is NC(=O)c1cccc2c1CCCN2C(=O)CCN1C(=O)CCC1=O. The first-order valence-electron chi connectivity index (χ1n) is 8.04. The van der Waals surface area contributed by atoms with E-state index in [1.165, 1.54) is 0 Å². The smallest absolute Gasteiger partial charge is 0.249 e. The molecule has 7 nitrogen and oxygen atoms in total. The molecule has 0 unspecified atom stereocenters. The third-order valence-corrected chi connectivity index (χ3v) is 4.52. The Kier molecular flexibility index (Phi) is 4.33. The van der Waals surface area contributed by atoms with Crippen LogP contribution in [0.4, 0.5) is 5.69 Å². The molecule has 1 aromatic carbocycles. The minimum Gasteiger partial charge on any atom is -0.366 e. The number of rotatable bonds is 4. The van der Waals surface area contributed by atoms with Gasteiger partial charge in [0.2, 0.25) is 23.6 Å². The van der Waals surface area contributed by atoms with E-state index in [2.05, 4.69) is 0 Å². The number of nitrogens with zero attached hydrogens (tertiary/aromatic N) is 2. The third kappa shape index (κ3) is 2.89. The zero-order chi connectivity index (χ0) is 17.3. The average molecular weight is 329 g/mol. The van der Waals surface area contributed by atoms with Crippen molar-refractivity contribution in [2.45, 2.75) is 32.1 Å². The fourth-order valence-corrected chi connectivity index (χ4v) is 3.33. The van der Waals surface area contributed by atoms with Crippen molar-refractivity contribution in [3.05, 3.63) is 29.3 Å². The normalized spacial score (nSPS) is 17.2. The Morgan fingerprint density at radius 1 is 1.08 bits per heavy atom. The molecule has 7 heteroatoms. The molecular formula is C17H19N3O4. The van der Waals surface area contributed by atoms with Gasteiger partial charge in [-0.2, -0.15) is 0 Å². The van der Waals surface area contributed by atoms with Crippen molar-refractivity contribution in [2.24, 2.45) is 5.73 Å². The molecule has 0 aliphatic carbocycles. The van der Waals surface area contributed by atoms with E-state index in [1.807, 2.05) is 0 Å². The molecule has 0 radical (unpaired) electrons. The molecule has 3 rings (SSSR count). The maximum absolute atomic E-state index is 12.6. The maximum Gasteiger partial charge on any atom is 0.249 e. The van der Waals surface area contributed by atoms with Crippen molar-refractivity contribution in [1.82, 2.24) is 4.90 Å². The molecule has 0 saturated carbocycles. The summed E-state index contributed by atoms with van der Waals surface area (Å²) < 4.78 is 0. The van der Waals surface area contributed by atoms with Gasteiger partial charge < -0.3 is 10.6 Å². The lowest BCUT2D eigenvalue weighted by Crippen LogP contribution is -2.39. The molecule has 2 heterocycles. The molecule has 0 bridgehead atoms. The molecule has 1 fully saturated rings. The van der Waals surface area contributed by atoms with Gasteiger partial charge in [0.1, 0.15) is 0 Å². The van der Waals surface area contributed by atoms with E-state index in [9.17, 15) is 19.2 Å². The minimum atomic E-state index is -0.505. The molecule has 0 spiro atoms. The van der Waals surface area contributed by atoms with Crippen LogP contribution in [-0.4, -0.2) is 41.6 Å². The highest BCUT2D eigenvalue weighted by atomic mass is 16.2. The number of amides is 4. The van der Waals surface area contributed by atoms with Gasteiger partial charge in [-0.05, 0) is 30.5 Å². The predicted octanol–water partition coefficient (Wildman–Crippen LogP) is 0.604. The summed E-state index contributed by atoms with van der Waals surface area (Å²) >= 11 is 0. The number of anilines is 1. The summed E-state index contributed by atoms with van der Waals surface area (Å²) in [6.45, 7) is 0.661. The largest absolute Gasteiger partial charge is 0.366 e. The van der Waals surface area contributed by atoms with E-state index in [4.69, 9.17) is 5.73 Å². The number of nitrogens with two attached hydrogens (primary N) is 1. The van der Waals surface area contributed by atoms with Crippen LogP contribution in [0.25, 0.3) is 0 Å². The zero-order valence-electron chi connectivity index (χ0n) is 13.3. The zero-order valence-corrected chi connectivity index (χ0v) is 13.3. The quantitative estimate of drug-likeness (QED) is 0.818. The lowest BCUT2D eigenvalue weighted by Gasteiger charge is -2.31. The second-order valence-electron chi connectivity index (χ2n) is 6.01. The second kappa shape index (κ2) is 6.43. The van der Waals surface area contributed by atoms with Crippen molar-refractivity contribution in [1.29, 1.82) is 0 Å². The molecule has 2 N–H and O–H groups in total. The van der Waals surface area contributed by atoms with Crippen LogP contribution in [0, 0.1) is 0 Å². The number of carbonyl (C=O) groups is 4. The van der Waals surface area contributed by atoms with Crippen molar-refractivity contribution in [3.63, 3.8) is 0 Å². The average Bonchev–Trinajstić information content (AvgIpc) is 2.89. The lowest BCUT2D eigenvalue weighted by atomic mass is 9.95. The molecule has 126 valence electrons. The molecule has 0 aromatic heterocycles. The third-order valence-electron chi connectivity index (χ3n) is 4.52. The summed E-state index contributed by atoms with van der Waals surface area (Å²) in [4.78, 5) is 50.1. The number of benzene rings is 1. The maximum atomic E-state index is 12.6. The van der Waals surface area contributed by atoms with Gasteiger partial charge in [-0.3, -0.25) is 24.1 Å². The van der Waals surface area contributed by atoms with Crippen LogP contribution in [0.5, 0.6) is 0 Å². The highest BCUT2D eigenvalue weighted by Gasteiger charge is 2.30. The number of likely N-dealkylation sites (tertiary alicyclic amines) is 1. The fourth-order valence-electron chi connectivity index (χ4n) is 3.33. The van der Waals surface area contributed by atoms with E-state index in [1.54, 1.807) is 23.1 Å². The second-order valence-corrected chi connectivity index (χ2v) is 6.01. The fraction of sp³-hybridized carbons (Fsp3) is 0.412. The van der Waals surface area contributed by atoms with Gasteiger partial charge in [0, 0.05) is 43.6 Å². The summed E-state index contributed by atoms with van der Waals surface area (Å²) in [5.41, 5.74) is 7.33. The van der Waals surface area contributed by atoms with Crippen LogP contribution in [-0.2, 0) is 20.8 Å². The van der Waals surface area contributed by atoms with Crippen molar-refractivity contribution in [3.8, 4) is 0 Å². The van der Waals surface area contributed by atoms with Crippen LogP contribution < -0.4 is 10.6 Å². The van der Waals surface area contributed by atoms with E-state index >= 15 is 0 Å². The Morgan fingerprint density at radius 2 is 1.79 bits per heavy atom. The van der Waals surface area contributed by atoms with Crippen molar-refractivity contribution >= 4 is 29.3 Å². The number of fused-ring (bicyclic) bond motifs is 1. The molecule has 1 saturated heterocycles. The van der Waals surface area contributed by atoms with Crippen molar-refractivity contribution < 1.29 is 19.2 Å². The van der Waals surface area contributed by atoms with E-state index < -0.39 is 5.91 Å². The molecule has 0 atom stereocenters. The van der Waals surface area contributed by atoms with E-state index in [0.29, 0.717) is 24.2 Å². The van der Waals surface area contributed by atoms with Gasteiger partial charge in [0.15, 0.2) is 0 Å². The van der Waals surface area contributed by atoms with Crippen LogP contribution >= 0.6 is 0 Å². The highest BCUT2D eigenvalue weighted by molar-refractivity contribution is 6.03. The Balaban J connectivity index is 1.76. The van der Waals surface area contributed by atoms with Crippen LogP contribution in [0.3, 0.4) is 0 Å². The number of hydrogen-bond donors (Lipinski definition) is 1. The Morgan fingerprint density at radius 3 is 2.46 bits per heavy atom. The molecule has 2 aliphatic rings. The summed E-state index contributed by atoms with van der Waals surface area (Å²) in [7, 11) is 0. The lowest BCUT2D eigenvalue weighted by molar-refractivity contribution is -0.138. The first kappa shape index (κ1) is 16.2. The topological polar surface area (TPSA) is 101 Å². The number of carbonyl (C=O) groups excluding carboxylic acids is 4. The Hall–Kier alpha value is -2.70. The van der Waals surface area contributed by atoms with E-state index in [-0.39, 0.29) is 43.5 Å². The molecule has 24 heavy (non-hydrogen) atoms. The number of imide groups is 1. The van der Waals surface area contributed by atoms with Gasteiger partial charge in [-0.1, -0.05) is 6.07 Å². The highest BCUT2D eigenvalue weighted by Crippen LogP contribution is 2.30. The Bertz CT molecular complexity index is 713. The first-order valence-corrected chi connectivity index (χ1v) is 8.04. The van der Waals surface area contributed by atoms with Crippen molar-refractivity contribution in [2.75, 3.05) is 18.0 Å². The van der Waals surface area contributed by atoms with Gasteiger partial charge in [0.05, 0.1) is 0 Å². The standard InChI is InChI=1S/C17H19N3O4/c18-17(24)12-3-1-5-13-11(12)4-2-9-19(13)16(23)8-10-20-14(21)6-7-15(20)22/h1,3,5H,2,4,6-10H2,(H2,18,24). The Labute approximate surface area is 139 Å². The summed E-state index contributed by atoms with van der Waals surface area (Å²) in [6.07, 6.45) is 1.97. The van der Waals surface area contributed by atoms with Crippen LogP contribution in [0.1, 0.15) is 41.6 Å². The molecule has 2 aliphatic heterocycles. The van der Waals surface area contributed by atoms with E-state index in [0.717, 1.165) is 16.9 Å². The van der Waals surface area contributed by atoms with Gasteiger partial charge in [-0.15, -0.1) is 0 Å². The van der Waals surface area contributed by atoms with Gasteiger partial charge in [0.25, 0.3) is 0 Å². The first-order chi connectivity index (χ1) is 11.5. The summed E-state index contributed by atoms with van der Waals surface area (Å²) in [5.74, 6) is -1.11. The number of primary amides is 1. The molecular weight excluding hydrogens is 310 g/mol.